The zero-order chi connectivity index (χ0) is 17.7. The zero-order valence-corrected chi connectivity index (χ0v) is 15.6. The number of anilines is 1. The Morgan fingerprint density at radius 2 is 2.17 bits per heavy atom. The smallest absolute Gasteiger partial charge is 0.228 e. The van der Waals surface area contributed by atoms with Crippen molar-refractivity contribution in [3.05, 3.63) is 28.2 Å². The molecule has 6 nitrogen and oxygen atoms in total. The summed E-state index contributed by atoms with van der Waals surface area (Å²) in [7, 11) is -1.96. The average Bonchev–Trinajstić information content (AvgIpc) is 2.56. The van der Waals surface area contributed by atoms with E-state index in [0.717, 1.165) is 0 Å². The summed E-state index contributed by atoms with van der Waals surface area (Å²) < 4.78 is 30.7. The van der Waals surface area contributed by atoms with E-state index in [4.69, 9.17) is 27.9 Å². The monoisotopic (exact) mass is 394 g/mol. The van der Waals surface area contributed by atoms with E-state index in [9.17, 15) is 13.2 Å². The summed E-state index contributed by atoms with van der Waals surface area (Å²) in [6, 6.07) is 4.80. The summed E-state index contributed by atoms with van der Waals surface area (Å²) >= 11 is 12.0. The molecule has 1 fully saturated rings. The van der Waals surface area contributed by atoms with Gasteiger partial charge >= 0.3 is 0 Å². The van der Waals surface area contributed by atoms with Crippen molar-refractivity contribution in [1.82, 2.24) is 4.31 Å². The molecule has 0 aromatic heterocycles. The Kier molecular flexibility index (Phi) is 6.88. The average molecular weight is 395 g/mol. The number of hydrogen-bond acceptors (Lipinski definition) is 4. The Balaban J connectivity index is 2.03. The number of nitrogens with one attached hydrogen (secondary N) is 1. The highest BCUT2D eigenvalue weighted by molar-refractivity contribution is 7.89. The number of halogens is 2. The van der Waals surface area contributed by atoms with E-state index in [-0.39, 0.29) is 24.8 Å². The number of methoxy groups -OCH3 is 1. The molecule has 1 aromatic rings. The molecule has 1 aliphatic heterocycles. The third-order valence-electron chi connectivity index (χ3n) is 3.88. The SMILES string of the molecule is COCCS(=O)(=O)N1CCCC(C(=O)Nc2cc(Cl)ccc2Cl)C1. The van der Waals surface area contributed by atoms with Crippen LogP contribution in [-0.2, 0) is 19.6 Å². The van der Waals surface area contributed by atoms with Crippen LogP contribution in [0.2, 0.25) is 10.0 Å². The Hall–Kier alpha value is -0.860. The number of rotatable bonds is 6. The van der Waals surface area contributed by atoms with E-state index >= 15 is 0 Å². The molecule has 1 atom stereocenters. The number of carbonyl (C=O) groups is 1. The fourth-order valence-corrected chi connectivity index (χ4v) is 4.34. The lowest BCUT2D eigenvalue weighted by atomic mass is 9.99. The van der Waals surface area contributed by atoms with Crippen LogP contribution in [0.3, 0.4) is 0 Å². The van der Waals surface area contributed by atoms with E-state index < -0.39 is 15.9 Å². The minimum atomic E-state index is -3.42. The first-order valence-corrected chi connectivity index (χ1v) is 9.92. The van der Waals surface area contributed by atoms with Crippen LogP contribution < -0.4 is 5.32 Å². The van der Waals surface area contributed by atoms with Crippen LogP contribution in [0.25, 0.3) is 0 Å². The molecule has 0 spiro atoms. The van der Waals surface area contributed by atoms with Gasteiger partial charge in [0.15, 0.2) is 0 Å². The van der Waals surface area contributed by atoms with Gasteiger partial charge in [-0.2, -0.15) is 0 Å². The minimum Gasteiger partial charge on any atom is -0.384 e. The first-order valence-electron chi connectivity index (χ1n) is 7.56. The second kappa shape index (κ2) is 8.49. The van der Waals surface area contributed by atoms with E-state index in [2.05, 4.69) is 5.32 Å². The van der Waals surface area contributed by atoms with Crippen LogP contribution in [0.15, 0.2) is 18.2 Å². The summed E-state index contributed by atoms with van der Waals surface area (Å²) in [5, 5.41) is 3.58. The number of carbonyl (C=O) groups excluding carboxylic acids is 1. The fourth-order valence-electron chi connectivity index (χ4n) is 2.55. The summed E-state index contributed by atoms with van der Waals surface area (Å²) in [6.07, 6.45) is 1.26. The number of amides is 1. The molecular weight excluding hydrogens is 375 g/mol. The summed E-state index contributed by atoms with van der Waals surface area (Å²) in [5.41, 5.74) is 0.425. The Morgan fingerprint density at radius 3 is 2.88 bits per heavy atom. The Bertz CT molecular complexity index is 697. The standard InChI is InChI=1S/C15H20Cl2N2O4S/c1-23-7-8-24(21,22)19-6-2-3-11(10-19)15(20)18-14-9-12(16)4-5-13(14)17/h4-5,9,11H,2-3,6-8,10H2,1H3,(H,18,20). The van der Waals surface area contributed by atoms with Crippen molar-refractivity contribution in [3.63, 3.8) is 0 Å². The number of piperidine rings is 1. The van der Waals surface area contributed by atoms with Crippen molar-refractivity contribution in [2.45, 2.75) is 12.8 Å². The molecule has 2 rings (SSSR count). The molecule has 1 saturated heterocycles. The number of ether oxygens (including phenoxy) is 1. The summed E-state index contributed by atoms with van der Waals surface area (Å²) in [4.78, 5) is 12.5. The molecule has 1 amide bonds. The van der Waals surface area contributed by atoms with Crippen molar-refractivity contribution in [3.8, 4) is 0 Å². The van der Waals surface area contributed by atoms with Gasteiger partial charge in [-0.05, 0) is 31.0 Å². The third-order valence-corrected chi connectivity index (χ3v) is 6.25. The van der Waals surface area contributed by atoms with Gasteiger partial charge in [-0.15, -0.1) is 0 Å². The zero-order valence-electron chi connectivity index (χ0n) is 13.3. The molecule has 0 bridgehead atoms. The molecule has 0 saturated carbocycles. The molecule has 1 unspecified atom stereocenters. The van der Waals surface area contributed by atoms with Gasteiger partial charge in [0.25, 0.3) is 0 Å². The van der Waals surface area contributed by atoms with Gasteiger partial charge in [0.2, 0.25) is 15.9 Å². The van der Waals surface area contributed by atoms with E-state index in [1.165, 1.54) is 11.4 Å². The molecule has 134 valence electrons. The third kappa shape index (κ3) is 5.07. The van der Waals surface area contributed by atoms with Gasteiger partial charge in [-0.25, -0.2) is 12.7 Å². The molecule has 1 N–H and O–H groups in total. The van der Waals surface area contributed by atoms with Crippen LogP contribution in [-0.4, -0.2) is 51.2 Å². The second-order valence-corrected chi connectivity index (χ2v) is 8.55. The molecule has 24 heavy (non-hydrogen) atoms. The molecular formula is C15H20Cl2N2O4S. The quantitative estimate of drug-likeness (QED) is 0.804. The normalized spacial score (nSPS) is 19.2. The van der Waals surface area contributed by atoms with E-state index in [1.54, 1.807) is 18.2 Å². The maximum absolute atomic E-state index is 12.5. The van der Waals surface area contributed by atoms with Crippen LogP contribution in [0.4, 0.5) is 5.69 Å². The largest absolute Gasteiger partial charge is 0.384 e. The lowest BCUT2D eigenvalue weighted by Gasteiger charge is -2.31. The van der Waals surface area contributed by atoms with E-state index in [1.807, 2.05) is 0 Å². The predicted molar refractivity (Wildman–Crippen MR) is 95.1 cm³/mol. The molecule has 0 radical (unpaired) electrons. The van der Waals surface area contributed by atoms with E-state index in [0.29, 0.717) is 35.1 Å². The van der Waals surface area contributed by atoms with Gasteiger partial charge in [-0.3, -0.25) is 4.79 Å². The first kappa shape index (κ1) is 19.5. The topological polar surface area (TPSA) is 75.7 Å². The number of hydrogen-bond donors (Lipinski definition) is 1. The minimum absolute atomic E-state index is 0.0854. The molecule has 0 aliphatic carbocycles. The van der Waals surface area contributed by atoms with Crippen molar-refractivity contribution in [2.24, 2.45) is 5.92 Å². The van der Waals surface area contributed by atoms with Gasteiger partial charge < -0.3 is 10.1 Å². The summed E-state index contributed by atoms with van der Waals surface area (Å²) in [5.74, 6) is -0.769. The number of nitrogens with zero attached hydrogens (tertiary/aromatic N) is 1. The maximum atomic E-state index is 12.5. The van der Waals surface area contributed by atoms with Crippen LogP contribution in [0.5, 0.6) is 0 Å². The van der Waals surface area contributed by atoms with Crippen LogP contribution >= 0.6 is 23.2 Å². The van der Waals surface area contributed by atoms with Crippen molar-refractivity contribution in [2.75, 3.05) is 37.9 Å². The van der Waals surface area contributed by atoms with Gasteiger partial charge in [0, 0.05) is 25.2 Å². The Labute approximate surface area is 152 Å². The highest BCUT2D eigenvalue weighted by atomic mass is 35.5. The number of benzene rings is 1. The molecule has 1 aliphatic rings. The lowest BCUT2D eigenvalue weighted by Crippen LogP contribution is -2.45. The molecule has 1 aromatic carbocycles. The number of sulfonamides is 1. The fraction of sp³-hybridized carbons (Fsp3) is 0.533. The van der Waals surface area contributed by atoms with Gasteiger partial charge in [0.1, 0.15) is 0 Å². The molecule has 1 heterocycles. The van der Waals surface area contributed by atoms with Gasteiger partial charge in [-0.1, -0.05) is 23.2 Å². The highest BCUT2D eigenvalue weighted by Gasteiger charge is 2.32. The van der Waals surface area contributed by atoms with Crippen molar-refractivity contribution < 1.29 is 17.9 Å². The van der Waals surface area contributed by atoms with Gasteiger partial charge in [0.05, 0.1) is 29.0 Å². The second-order valence-electron chi connectivity index (χ2n) is 5.62. The van der Waals surface area contributed by atoms with Crippen LogP contribution in [0, 0.1) is 5.92 Å². The predicted octanol–water partition coefficient (Wildman–Crippen LogP) is 2.62. The van der Waals surface area contributed by atoms with Crippen LogP contribution in [0.1, 0.15) is 12.8 Å². The van der Waals surface area contributed by atoms with Crippen molar-refractivity contribution >= 4 is 44.8 Å². The first-order chi connectivity index (χ1) is 11.3. The summed E-state index contributed by atoms with van der Waals surface area (Å²) in [6.45, 7) is 0.720. The lowest BCUT2D eigenvalue weighted by molar-refractivity contribution is -0.120. The molecule has 9 heteroatoms. The van der Waals surface area contributed by atoms with Crippen molar-refractivity contribution in [1.29, 1.82) is 0 Å². The Morgan fingerprint density at radius 1 is 1.42 bits per heavy atom. The maximum Gasteiger partial charge on any atom is 0.228 e. The highest BCUT2D eigenvalue weighted by Crippen LogP contribution is 2.27.